The van der Waals surface area contributed by atoms with Crippen LogP contribution in [0.15, 0.2) is 29.2 Å². The fourth-order valence-electron chi connectivity index (χ4n) is 1.84. The third kappa shape index (κ3) is 4.03. The molecule has 0 saturated carbocycles. The largest absolute Gasteiger partial charge is 0.341 e. The Balaban J connectivity index is 2.62. The average Bonchev–Trinajstić information content (AvgIpc) is 2.40. The minimum atomic E-state index is -0.0551. The molecule has 0 bridgehead atoms. The van der Waals surface area contributed by atoms with Crippen LogP contribution < -0.4 is 5.73 Å². The molecule has 0 heterocycles. The third-order valence-corrected chi connectivity index (χ3v) is 3.83. The maximum Gasteiger partial charge on any atom is 0.226 e. The summed E-state index contributed by atoms with van der Waals surface area (Å²) in [4.78, 5) is 15.1. The monoisotopic (exact) mass is 266 g/mol. The molecule has 0 radical (unpaired) electrons. The molecule has 0 fully saturated rings. The minimum absolute atomic E-state index is 0.0551. The zero-order valence-electron chi connectivity index (χ0n) is 11.3. The van der Waals surface area contributed by atoms with E-state index in [9.17, 15) is 4.79 Å². The van der Waals surface area contributed by atoms with Crippen LogP contribution in [0.1, 0.15) is 18.9 Å². The van der Waals surface area contributed by atoms with E-state index in [0.717, 1.165) is 12.0 Å². The van der Waals surface area contributed by atoms with Crippen LogP contribution in [-0.4, -0.2) is 30.7 Å². The van der Waals surface area contributed by atoms with E-state index in [1.54, 1.807) is 16.7 Å². The zero-order valence-corrected chi connectivity index (χ0v) is 12.2. The predicted octanol–water partition coefficient (Wildman–Crippen LogP) is 2.35. The highest BCUT2D eigenvalue weighted by molar-refractivity contribution is 7.98. The van der Waals surface area contributed by atoms with Gasteiger partial charge in [-0.1, -0.05) is 19.1 Å². The Kier molecular flexibility index (Phi) is 6.22. The lowest BCUT2D eigenvalue weighted by Crippen LogP contribution is -2.35. The molecule has 1 unspecified atom stereocenters. The first-order valence-electron chi connectivity index (χ1n) is 6.20. The highest BCUT2D eigenvalue weighted by Crippen LogP contribution is 2.16. The van der Waals surface area contributed by atoms with Gasteiger partial charge >= 0.3 is 0 Å². The smallest absolute Gasteiger partial charge is 0.226 e. The fraction of sp³-hybridized carbons (Fsp3) is 0.500. The Hall–Kier alpha value is -1.00. The molecule has 1 amide bonds. The Morgan fingerprint density at radius 3 is 2.44 bits per heavy atom. The van der Waals surface area contributed by atoms with Crippen LogP contribution >= 0.6 is 11.8 Å². The third-order valence-electron chi connectivity index (χ3n) is 3.08. The van der Waals surface area contributed by atoms with E-state index in [-0.39, 0.29) is 11.8 Å². The van der Waals surface area contributed by atoms with Gasteiger partial charge in [-0.15, -0.1) is 11.8 Å². The molecule has 18 heavy (non-hydrogen) atoms. The van der Waals surface area contributed by atoms with Crippen molar-refractivity contribution >= 4 is 17.7 Å². The molecular weight excluding hydrogens is 244 g/mol. The highest BCUT2D eigenvalue weighted by Gasteiger charge is 2.18. The number of carbonyl (C=O) groups is 1. The van der Waals surface area contributed by atoms with Crippen LogP contribution in [0.3, 0.4) is 0 Å². The van der Waals surface area contributed by atoms with Gasteiger partial charge in [0.1, 0.15) is 0 Å². The molecule has 0 aliphatic rings. The van der Waals surface area contributed by atoms with Crippen molar-refractivity contribution in [2.24, 2.45) is 11.7 Å². The normalized spacial score (nSPS) is 12.2. The first-order valence-corrected chi connectivity index (χ1v) is 7.42. The van der Waals surface area contributed by atoms with E-state index < -0.39 is 0 Å². The summed E-state index contributed by atoms with van der Waals surface area (Å²) in [6.07, 6.45) is 2.85. The zero-order chi connectivity index (χ0) is 13.5. The average molecular weight is 266 g/mol. The van der Waals surface area contributed by atoms with E-state index >= 15 is 0 Å². The molecule has 0 spiro atoms. The molecule has 1 aromatic carbocycles. The number of hydrogen-bond acceptors (Lipinski definition) is 3. The first kappa shape index (κ1) is 15.1. The fourth-order valence-corrected chi connectivity index (χ4v) is 2.24. The number of amides is 1. The second kappa shape index (κ2) is 7.44. The maximum absolute atomic E-state index is 12.1. The van der Waals surface area contributed by atoms with Crippen molar-refractivity contribution in [3.8, 4) is 0 Å². The van der Waals surface area contributed by atoms with Crippen LogP contribution in [0.4, 0.5) is 0 Å². The Bertz CT molecular complexity index is 374. The summed E-state index contributed by atoms with van der Waals surface area (Å²) in [6, 6.07) is 8.30. The topological polar surface area (TPSA) is 46.3 Å². The molecule has 0 aliphatic carbocycles. The van der Waals surface area contributed by atoms with E-state index in [2.05, 4.69) is 30.5 Å². The second-order valence-corrected chi connectivity index (χ2v) is 5.26. The van der Waals surface area contributed by atoms with Gasteiger partial charge in [-0.05, 0) is 30.4 Å². The maximum atomic E-state index is 12.1. The summed E-state index contributed by atoms with van der Waals surface area (Å²) >= 11 is 1.72. The van der Waals surface area contributed by atoms with Gasteiger partial charge in [-0.25, -0.2) is 0 Å². The summed E-state index contributed by atoms with van der Waals surface area (Å²) in [5.41, 5.74) is 6.75. The van der Waals surface area contributed by atoms with E-state index in [4.69, 9.17) is 5.73 Å². The van der Waals surface area contributed by atoms with Gasteiger partial charge in [0, 0.05) is 25.0 Å². The molecule has 4 heteroatoms. The number of carbonyl (C=O) groups excluding carboxylic acids is 1. The Labute approximate surface area is 114 Å². The molecule has 2 N–H and O–H groups in total. The van der Waals surface area contributed by atoms with Gasteiger partial charge in [-0.3, -0.25) is 4.79 Å². The predicted molar refractivity (Wildman–Crippen MR) is 77.5 cm³/mol. The van der Waals surface area contributed by atoms with Gasteiger partial charge in [0.2, 0.25) is 5.91 Å². The van der Waals surface area contributed by atoms with Crippen molar-refractivity contribution in [3.05, 3.63) is 29.8 Å². The Morgan fingerprint density at radius 2 is 2.00 bits per heavy atom. The minimum Gasteiger partial charge on any atom is -0.341 e. The standard InChI is InChI=1S/C14H22N2OS/c1-4-12(9-15)14(17)16(2)10-11-5-7-13(18-3)8-6-11/h5-8,12H,4,9-10,15H2,1-3H3. The van der Waals surface area contributed by atoms with Crippen molar-refractivity contribution in [2.45, 2.75) is 24.8 Å². The highest BCUT2D eigenvalue weighted by atomic mass is 32.2. The molecule has 3 nitrogen and oxygen atoms in total. The molecule has 0 aromatic heterocycles. The molecule has 1 atom stereocenters. The van der Waals surface area contributed by atoms with Crippen LogP contribution in [-0.2, 0) is 11.3 Å². The Morgan fingerprint density at radius 1 is 1.39 bits per heavy atom. The molecule has 1 aromatic rings. The van der Waals surface area contributed by atoms with Crippen molar-refractivity contribution in [1.29, 1.82) is 0 Å². The van der Waals surface area contributed by atoms with Gasteiger partial charge in [0.05, 0.1) is 5.92 Å². The summed E-state index contributed by atoms with van der Waals surface area (Å²) in [5, 5.41) is 0. The van der Waals surface area contributed by atoms with Gasteiger partial charge in [-0.2, -0.15) is 0 Å². The lowest BCUT2D eigenvalue weighted by molar-refractivity contribution is -0.134. The number of nitrogens with zero attached hydrogens (tertiary/aromatic N) is 1. The number of nitrogens with two attached hydrogens (primary N) is 1. The summed E-state index contributed by atoms with van der Waals surface area (Å²) in [5.74, 6) is 0.0782. The number of benzene rings is 1. The van der Waals surface area contributed by atoms with Crippen LogP contribution in [0.5, 0.6) is 0 Å². The second-order valence-electron chi connectivity index (χ2n) is 4.38. The summed E-state index contributed by atoms with van der Waals surface area (Å²) in [6.45, 7) is 3.06. The quantitative estimate of drug-likeness (QED) is 0.804. The van der Waals surface area contributed by atoms with Crippen LogP contribution in [0.2, 0.25) is 0 Å². The lowest BCUT2D eigenvalue weighted by Gasteiger charge is -2.22. The summed E-state index contributed by atoms with van der Waals surface area (Å²) < 4.78 is 0. The number of rotatable bonds is 6. The van der Waals surface area contributed by atoms with Gasteiger partial charge in [0.15, 0.2) is 0 Å². The number of hydrogen-bond donors (Lipinski definition) is 1. The van der Waals surface area contributed by atoms with Crippen molar-refractivity contribution in [2.75, 3.05) is 19.8 Å². The molecule has 0 aliphatic heterocycles. The van der Waals surface area contributed by atoms with Gasteiger partial charge in [0.25, 0.3) is 0 Å². The van der Waals surface area contributed by atoms with Crippen LogP contribution in [0.25, 0.3) is 0 Å². The lowest BCUT2D eigenvalue weighted by atomic mass is 10.1. The molecule has 100 valence electrons. The van der Waals surface area contributed by atoms with Crippen LogP contribution in [0, 0.1) is 5.92 Å². The van der Waals surface area contributed by atoms with E-state index in [1.807, 2.05) is 14.0 Å². The van der Waals surface area contributed by atoms with Crippen molar-refractivity contribution in [3.63, 3.8) is 0 Å². The van der Waals surface area contributed by atoms with E-state index in [0.29, 0.717) is 13.1 Å². The van der Waals surface area contributed by atoms with Crippen molar-refractivity contribution in [1.82, 2.24) is 4.90 Å². The number of thioether (sulfide) groups is 1. The van der Waals surface area contributed by atoms with Crippen molar-refractivity contribution < 1.29 is 4.79 Å². The molecular formula is C14H22N2OS. The summed E-state index contributed by atoms with van der Waals surface area (Å²) in [7, 11) is 1.84. The first-order chi connectivity index (χ1) is 8.62. The SMILES string of the molecule is CCC(CN)C(=O)N(C)Cc1ccc(SC)cc1. The molecule has 1 rings (SSSR count). The molecule has 0 saturated heterocycles. The van der Waals surface area contributed by atoms with E-state index in [1.165, 1.54) is 4.90 Å². The van der Waals surface area contributed by atoms with Gasteiger partial charge < -0.3 is 10.6 Å².